The van der Waals surface area contributed by atoms with Gasteiger partial charge in [-0.25, -0.2) is 9.67 Å². The van der Waals surface area contributed by atoms with E-state index in [0.717, 1.165) is 5.39 Å². The van der Waals surface area contributed by atoms with E-state index in [1.165, 1.54) is 4.68 Å². The Morgan fingerprint density at radius 1 is 1.31 bits per heavy atom. The summed E-state index contributed by atoms with van der Waals surface area (Å²) in [6.45, 7) is 0. The maximum atomic E-state index is 11.2. The smallest absolute Gasteiger partial charge is 0.198 e. The molecule has 0 N–H and O–H groups in total. The lowest BCUT2D eigenvalue weighted by atomic mass is 10.5. The molecule has 2 aromatic heterocycles. The first-order chi connectivity index (χ1) is 6.38. The lowest BCUT2D eigenvalue weighted by molar-refractivity contribution is 0.788. The number of pyridine rings is 1. The predicted octanol–water partition coefficient (Wildman–Crippen LogP) is 0.0513. The number of rotatable bonds is 1. The van der Waals surface area contributed by atoms with Crippen LogP contribution in [0.25, 0.3) is 16.6 Å². The highest BCUT2D eigenvalue weighted by Gasteiger charge is 2.18. The Kier molecular flexibility index (Phi) is 0.999. The second kappa shape index (κ2) is 2.01. The van der Waals surface area contributed by atoms with Crippen LogP contribution in [0.1, 0.15) is 0 Å². The number of fused-ring (bicyclic) bond motifs is 1. The lowest BCUT2D eigenvalue weighted by Crippen LogP contribution is -1.97. The van der Waals surface area contributed by atoms with Crippen molar-refractivity contribution >= 4 is 10.8 Å². The van der Waals surface area contributed by atoms with Gasteiger partial charge in [-0.3, -0.25) is 4.79 Å². The van der Waals surface area contributed by atoms with Gasteiger partial charge in [0.05, 0.1) is 17.8 Å². The molecule has 1 aromatic carbocycles. The summed E-state index contributed by atoms with van der Waals surface area (Å²) in [6, 6.07) is 1.71. The topological polar surface area (TPSA) is 60.7 Å². The van der Waals surface area contributed by atoms with Crippen LogP contribution in [0.4, 0.5) is 0 Å². The molecule has 5 heteroatoms. The second-order valence-electron chi connectivity index (χ2n) is 2.73. The van der Waals surface area contributed by atoms with E-state index in [4.69, 9.17) is 0 Å². The van der Waals surface area contributed by atoms with E-state index in [-0.39, 0.29) is 5.43 Å². The lowest BCUT2D eigenvalue weighted by Gasteiger charge is -1.93. The Labute approximate surface area is 72.3 Å². The molecule has 0 aliphatic heterocycles. The molecule has 62 valence electrons. The monoisotopic (exact) mass is 172 g/mol. The third-order valence-electron chi connectivity index (χ3n) is 1.98. The highest BCUT2D eigenvalue weighted by atomic mass is 16.1. The first-order valence-electron chi connectivity index (χ1n) is 3.78. The van der Waals surface area contributed by atoms with Crippen molar-refractivity contribution < 1.29 is 0 Å². The Balaban J connectivity index is 2.34. The van der Waals surface area contributed by atoms with Crippen molar-refractivity contribution in [1.82, 2.24) is 20.0 Å². The Morgan fingerprint density at radius 2 is 2.23 bits per heavy atom. The van der Waals surface area contributed by atoms with Gasteiger partial charge in [-0.2, -0.15) is 0 Å². The molecule has 0 atom stereocenters. The van der Waals surface area contributed by atoms with Gasteiger partial charge < -0.3 is 0 Å². The summed E-state index contributed by atoms with van der Waals surface area (Å²) in [5.74, 6) is 0.569. The highest BCUT2D eigenvalue weighted by Crippen LogP contribution is 2.19. The van der Waals surface area contributed by atoms with Gasteiger partial charge in [0.1, 0.15) is 0 Å². The summed E-state index contributed by atoms with van der Waals surface area (Å²) >= 11 is 0. The molecular weight excluding hydrogens is 168 g/mol. The van der Waals surface area contributed by atoms with Crippen molar-refractivity contribution in [3.63, 3.8) is 0 Å². The summed E-state index contributed by atoms with van der Waals surface area (Å²) in [4.78, 5) is 15.2. The zero-order valence-corrected chi connectivity index (χ0v) is 6.51. The average molecular weight is 172 g/mol. The molecule has 3 rings (SSSR count). The summed E-state index contributed by atoms with van der Waals surface area (Å²) < 4.78 is 1.49. The van der Waals surface area contributed by atoms with Crippen LogP contribution >= 0.6 is 0 Å². The number of nitrogens with zero attached hydrogens (tertiary/aromatic N) is 4. The molecule has 2 heterocycles. The molecule has 0 radical (unpaired) electrons. The largest absolute Gasteiger partial charge is 0.288 e. The van der Waals surface area contributed by atoms with Crippen LogP contribution in [0.15, 0.2) is 29.5 Å². The Bertz CT molecular complexity index is 574. The summed E-state index contributed by atoms with van der Waals surface area (Å²) in [5.41, 5.74) is 0.0583. The van der Waals surface area contributed by atoms with Crippen molar-refractivity contribution in [2.75, 3.05) is 0 Å². The third-order valence-corrected chi connectivity index (χ3v) is 1.98. The quantitative estimate of drug-likeness (QED) is 0.520. The minimum Gasteiger partial charge on any atom is -0.288 e. The van der Waals surface area contributed by atoms with E-state index in [0.29, 0.717) is 11.2 Å². The van der Waals surface area contributed by atoms with Gasteiger partial charge in [-0.1, -0.05) is 5.21 Å². The van der Waals surface area contributed by atoms with Gasteiger partial charge in [0.2, 0.25) is 0 Å². The summed E-state index contributed by atoms with van der Waals surface area (Å²) in [6.07, 6.45) is 4.81. The molecule has 0 amide bonds. The van der Waals surface area contributed by atoms with Gasteiger partial charge in [0.25, 0.3) is 0 Å². The van der Waals surface area contributed by atoms with E-state index < -0.39 is 0 Å². The molecule has 5 nitrogen and oxygen atoms in total. The van der Waals surface area contributed by atoms with Crippen molar-refractivity contribution in [2.24, 2.45) is 0 Å². The molecule has 13 heavy (non-hydrogen) atoms. The number of hydrogen-bond donors (Lipinski definition) is 0. The van der Waals surface area contributed by atoms with E-state index in [1.807, 2.05) is 0 Å². The van der Waals surface area contributed by atoms with Crippen LogP contribution in [0, 0.1) is 0 Å². The van der Waals surface area contributed by atoms with Crippen molar-refractivity contribution in [1.29, 1.82) is 0 Å². The molecule has 0 saturated carbocycles. The van der Waals surface area contributed by atoms with Crippen molar-refractivity contribution in [3.8, 4) is 5.82 Å². The molecule has 0 aliphatic carbocycles. The maximum Gasteiger partial charge on any atom is 0.198 e. The first-order valence-corrected chi connectivity index (χ1v) is 3.78. The van der Waals surface area contributed by atoms with Gasteiger partial charge in [-0.15, -0.1) is 5.10 Å². The van der Waals surface area contributed by atoms with Crippen LogP contribution in [0.3, 0.4) is 0 Å². The van der Waals surface area contributed by atoms with Gasteiger partial charge >= 0.3 is 0 Å². The van der Waals surface area contributed by atoms with Crippen LogP contribution in [-0.4, -0.2) is 20.0 Å². The molecular formula is C8H4N4O. The second-order valence-corrected chi connectivity index (χ2v) is 2.73. The SMILES string of the molecule is O=c1c2ccnc(-n3ccnn3)c12. The van der Waals surface area contributed by atoms with Crippen molar-refractivity contribution in [2.45, 2.75) is 0 Å². The van der Waals surface area contributed by atoms with Gasteiger partial charge in [-0.05, 0) is 6.07 Å². The third kappa shape index (κ3) is 0.752. The molecule has 0 spiro atoms. The normalized spacial score (nSPS) is 11.4. The molecule has 0 saturated heterocycles. The van der Waals surface area contributed by atoms with E-state index in [2.05, 4.69) is 15.3 Å². The zero-order valence-electron chi connectivity index (χ0n) is 6.51. The molecule has 0 aliphatic rings. The van der Waals surface area contributed by atoms with E-state index >= 15 is 0 Å². The minimum absolute atomic E-state index is 0.0583. The molecule has 3 aromatic rings. The Hall–Kier alpha value is -2.04. The zero-order chi connectivity index (χ0) is 8.84. The summed E-state index contributed by atoms with van der Waals surface area (Å²) in [7, 11) is 0. The van der Waals surface area contributed by atoms with Crippen LogP contribution < -0.4 is 5.43 Å². The standard InChI is InChI=1S/C8H4N4O/c13-7-5-1-2-9-8(6(5)7)12-4-3-10-11-12/h1-4H. The van der Waals surface area contributed by atoms with Crippen LogP contribution in [0.2, 0.25) is 0 Å². The predicted molar refractivity (Wildman–Crippen MR) is 45.3 cm³/mol. The number of hydrogen-bond acceptors (Lipinski definition) is 4. The highest BCUT2D eigenvalue weighted by molar-refractivity contribution is 6.02. The molecule has 0 bridgehead atoms. The average Bonchev–Trinajstić information content (AvgIpc) is 2.68. The maximum absolute atomic E-state index is 11.2. The fraction of sp³-hybridized carbons (Fsp3) is 0. The fourth-order valence-corrected chi connectivity index (χ4v) is 1.31. The van der Waals surface area contributed by atoms with E-state index in [9.17, 15) is 4.79 Å². The fourth-order valence-electron chi connectivity index (χ4n) is 1.31. The summed E-state index contributed by atoms with van der Waals surface area (Å²) in [5, 5.41) is 8.81. The molecule has 0 fully saturated rings. The van der Waals surface area contributed by atoms with Gasteiger partial charge in [0, 0.05) is 11.6 Å². The van der Waals surface area contributed by atoms with Crippen molar-refractivity contribution in [3.05, 3.63) is 34.9 Å². The first kappa shape index (κ1) is 6.47. The Morgan fingerprint density at radius 3 is 3.00 bits per heavy atom. The van der Waals surface area contributed by atoms with E-state index in [1.54, 1.807) is 24.7 Å². The van der Waals surface area contributed by atoms with Crippen LogP contribution in [0.5, 0.6) is 0 Å². The molecule has 0 unspecified atom stereocenters. The van der Waals surface area contributed by atoms with Crippen LogP contribution in [-0.2, 0) is 0 Å². The van der Waals surface area contributed by atoms with Gasteiger partial charge in [0.15, 0.2) is 11.2 Å². The number of aromatic nitrogens is 4. The minimum atomic E-state index is 0.0583.